The number of esters is 1. The maximum Gasteiger partial charge on any atom is 0.306 e. The molecule has 2 aliphatic carbocycles. The summed E-state index contributed by atoms with van der Waals surface area (Å²) < 4.78 is 45.6. The summed E-state index contributed by atoms with van der Waals surface area (Å²) >= 11 is 0. The quantitative estimate of drug-likeness (QED) is 0.0984. The Hall–Kier alpha value is -3.93. The van der Waals surface area contributed by atoms with Crippen molar-refractivity contribution in [2.45, 2.75) is 76.7 Å². The fourth-order valence-electron chi connectivity index (χ4n) is 5.04. The van der Waals surface area contributed by atoms with Crippen molar-refractivity contribution >= 4 is 18.4 Å². The van der Waals surface area contributed by atoms with Gasteiger partial charge in [-0.15, -0.1) is 12.4 Å². The minimum Gasteiger partial charge on any atom is -0.489 e. The molecule has 6 rings (SSSR count). The smallest absolute Gasteiger partial charge is 0.306 e. The van der Waals surface area contributed by atoms with E-state index < -0.39 is 5.60 Å². The number of nitrogens with zero attached hydrogens (tertiary/aromatic N) is 6. The van der Waals surface area contributed by atoms with E-state index in [1.165, 1.54) is 12.8 Å². The molecule has 2 saturated carbocycles. The van der Waals surface area contributed by atoms with Gasteiger partial charge >= 0.3 is 5.97 Å². The largest absolute Gasteiger partial charge is 0.489 e. The molecule has 15 heteroatoms. The molecule has 2 fully saturated rings. The molecule has 0 bridgehead atoms. The number of hydrogen-bond acceptors (Lipinski definition) is 9. The first-order chi connectivity index (χ1) is 24.5. The molecule has 2 heterocycles. The molecule has 54 heavy (non-hydrogen) atoms. The van der Waals surface area contributed by atoms with Gasteiger partial charge in [0.05, 0.1) is 12.7 Å². The van der Waals surface area contributed by atoms with Crippen LogP contribution in [0.2, 0.25) is 0 Å². The first-order valence-electron chi connectivity index (χ1n) is 17.2. The molecular formula is C39H51ClF2N7O4W-. The van der Waals surface area contributed by atoms with Crippen LogP contribution in [0.15, 0.2) is 72.3 Å². The van der Waals surface area contributed by atoms with Gasteiger partial charge < -0.3 is 27.4 Å². The molecule has 2 aromatic heterocycles. The van der Waals surface area contributed by atoms with Gasteiger partial charge in [0.15, 0.2) is 23.3 Å². The van der Waals surface area contributed by atoms with E-state index in [9.17, 15) is 13.6 Å². The van der Waals surface area contributed by atoms with Crippen molar-refractivity contribution in [3.63, 3.8) is 0 Å². The molecule has 11 nitrogen and oxygen atoms in total. The van der Waals surface area contributed by atoms with Crippen molar-refractivity contribution in [1.29, 1.82) is 0 Å². The monoisotopic (exact) mass is 938 g/mol. The zero-order valence-corrected chi connectivity index (χ0v) is 35.5. The van der Waals surface area contributed by atoms with Crippen LogP contribution in [0.3, 0.4) is 0 Å². The van der Waals surface area contributed by atoms with Crippen molar-refractivity contribution in [2.75, 3.05) is 19.8 Å². The van der Waals surface area contributed by atoms with Crippen molar-refractivity contribution in [2.24, 2.45) is 19.8 Å². The first kappa shape index (κ1) is 46.2. The Balaban J connectivity index is 0.000000365. The number of ether oxygens (including phenoxy) is 3. The maximum atomic E-state index is 13.1. The Kier molecular flexibility index (Phi) is 18.2. The van der Waals surface area contributed by atoms with E-state index in [-0.39, 0.29) is 79.5 Å². The molecular weight excluding hydrogens is 888 g/mol. The molecule has 294 valence electrons. The number of rotatable bonds is 14. The Labute approximate surface area is 337 Å². The van der Waals surface area contributed by atoms with Gasteiger partial charge in [-0.25, -0.2) is 28.1 Å². The molecule has 0 saturated heterocycles. The fourth-order valence-corrected chi connectivity index (χ4v) is 5.04. The molecule has 0 spiro atoms. The summed E-state index contributed by atoms with van der Waals surface area (Å²) in [5, 5.41) is 8.95. The second-order valence-corrected chi connectivity index (χ2v) is 13.8. The first-order valence-corrected chi connectivity index (χ1v) is 17.2. The number of carbonyl (C=O) groups is 1. The molecule has 0 amide bonds. The zero-order chi connectivity index (χ0) is 36.5. The number of carbonyl (C=O) groups excluding carboxylic acids is 1. The van der Waals surface area contributed by atoms with Gasteiger partial charge in [0, 0.05) is 76.7 Å². The van der Waals surface area contributed by atoms with Crippen molar-refractivity contribution in [3.8, 4) is 34.3 Å². The van der Waals surface area contributed by atoms with Crippen LogP contribution in [0.5, 0.6) is 11.5 Å². The molecule has 0 aliphatic heterocycles. The summed E-state index contributed by atoms with van der Waals surface area (Å²) in [5.41, 5.74) is 7.60. The predicted molar refractivity (Wildman–Crippen MR) is 204 cm³/mol. The maximum absolute atomic E-state index is 13.1. The number of benzene rings is 2. The number of nitrogens with two attached hydrogens (primary N) is 1. The molecule has 2 aromatic carbocycles. The van der Waals surface area contributed by atoms with Gasteiger partial charge in [-0.3, -0.25) is 4.79 Å². The van der Waals surface area contributed by atoms with Crippen LogP contribution in [-0.4, -0.2) is 60.9 Å². The second kappa shape index (κ2) is 21.2. The zero-order valence-electron chi connectivity index (χ0n) is 31.8. The van der Waals surface area contributed by atoms with Gasteiger partial charge in [-0.1, -0.05) is 0 Å². The van der Waals surface area contributed by atoms with Crippen molar-refractivity contribution < 1.29 is 48.9 Å². The Morgan fingerprint density at radius 1 is 0.778 bits per heavy atom. The van der Waals surface area contributed by atoms with Crippen LogP contribution in [-0.2, 0) is 44.7 Å². The van der Waals surface area contributed by atoms with E-state index in [1.54, 1.807) is 25.5 Å². The summed E-state index contributed by atoms with van der Waals surface area (Å²) in [4.78, 5) is 21.0. The molecule has 0 unspecified atom stereocenters. The Morgan fingerprint density at radius 3 is 1.54 bits per heavy atom. The minimum absolute atomic E-state index is 0. The molecule has 0 atom stereocenters. The Bertz CT molecular complexity index is 1830. The second-order valence-electron chi connectivity index (χ2n) is 13.8. The predicted octanol–water partition coefficient (Wildman–Crippen LogP) is 8.13. The third-order valence-electron chi connectivity index (χ3n) is 8.16. The fraction of sp³-hybridized carbons (Fsp3) is 0.436. The van der Waals surface area contributed by atoms with Crippen LogP contribution < -0.4 is 15.2 Å². The molecule has 0 radical (unpaired) electrons. The van der Waals surface area contributed by atoms with E-state index in [2.05, 4.69) is 20.2 Å². The average molecular weight is 939 g/mol. The third kappa shape index (κ3) is 13.7. The van der Waals surface area contributed by atoms with Crippen LogP contribution in [0.25, 0.3) is 22.8 Å². The van der Waals surface area contributed by atoms with Gasteiger partial charge in [-0.2, -0.15) is 10.2 Å². The standard InChI is InChI=1S/C22H28FN3O3.C16H19FN4O.CH3.ClH.W/c1-22(2,3)29-19(27)12-5-15(13-23)14-28-18-10-8-17(9-11-18)21-24-20(16-6-7-16)25-26(21)4;1-21-16(19-15(20-21)12-2-3-12)13-4-6-14(7-5-13)22-10-11(8-17)9-18;;;/h8-11,13,16H,5-7,12,14H2,1-4H3;4-8,12H,2-3,9-10,18H2,1H3;1H3;1H;/q;;-1;;/b15-13+;11-8+;;;. The number of aryl methyl sites for hydroxylation is 2. The number of halogens is 3. The summed E-state index contributed by atoms with van der Waals surface area (Å²) in [6.45, 7) is 5.79. The van der Waals surface area contributed by atoms with Crippen LogP contribution in [0.1, 0.15) is 82.8 Å². The van der Waals surface area contributed by atoms with Crippen LogP contribution in [0, 0.1) is 7.43 Å². The third-order valence-corrected chi connectivity index (χ3v) is 8.16. The molecule has 2 N–H and O–H groups in total. The van der Waals surface area contributed by atoms with Gasteiger partial charge in [0.2, 0.25) is 0 Å². The summed E-state index contributed by atoms with van der Waals surface area (Å²) in [6, 6.07) is 15.0. The van der Waals surface area contributed by atoms with E-state index in [0.29, 0.717) is 47.1 Å². The average Bonchev–Trinajstić information content (AvgIpc) is 4.05. The van der Waals surface area contributed by atoms with E-state index in [4.69, 9.17) is 19.9 Å². The van der Waals surface area contributed by atoms with Gasteiger partial charge in [0.25, 0.3) is 0 Å². The molecule has 4 aromatic rings. The van der Waals surface area contributed by atoms with Crippen LogP contribution >= 0.6 is 12.4 Å². The topological polar surface area (TPSA) is 132 Å². The summed E-state index contributed by atoms with van der Waals surface area (Å²) in [6.07, 6.45) is 6.05. The van der Waals surface area contributed by atoms with Crippen LogP contribution in [0.4, 0.5) is 8.78 Å². The van der Waals surface area contributed by atoms with Gasteiger partial charge in [-0.05, 0) is 107 Å². The Morgan fingerprint density at radius 2 is 1.19 bits per heavy atom. The van der Waals surface area contributed by atoms with Crippen molar-refractivity contribution in [1.82, 2.24) is 29.5 Å². The normalized spacial score (nSPS) is 14.1. The summed E-state index contributed by atoms with van der Waals surface area (Å²) in [5.74, 6) is 5.48. The minimum atomic E-state index is -0.545. The van der Waals surface area contributed by atoms with E-state index in [1.807, 2.05) is 67.3 Å². The van der Waals surface area contributed by atoms with E-state index >= 15 is 0 Å². The summed E-state index contributed by atoms with van der Waals surface area (Å²) in [7, 11) is 3.79. The SMILES string of the molecule is Cl.Cn1nc(C2CC2)nc1-c1ccc(OC/C(=C/F)CCC(=O)OC(C)(C)C)cc1.Cn1nc(C2CC2)nc1-c1ccc(OC/C(=C/F)CN)cc1.[CH3-].[W]. The van der Waals surface area contributed by atoms with Crippen molar-refractivity contribution in [3.05, 3.63) is 91.4 Å². The number of hydrogen-bond donors (Lipinski definition) is 1. The van der Waals surface area contributed by atoms with E-state index in [0.717, 1.165) is 47.3 Å². The molecule has 2 aliphatic rings. The van der Waals surface area contributed by atoms with Gasteiger partial charge in [0.1, 0.15) is 30.3 Å². The number of aromatic nitrogens is 6.